The summed E-state index contributed by atoms with van der Waals surface area (Å²) in [5.74, 6) is 0.301. The molecule has 0 amide bonds. The molecular weight excluding hydrogens is 382 g/mol. The van der Waals surface area contributed by atoms with Crippen LogP contribution in [0.15, 0.2) is 40.0 Å². The van der Waals surface area contributed by atoms with Crippen LogP contribution in [0.5, 0.6) is 0 Å². The molecule has 0 unspecified atom stereocenters. The number of aromatic nitrogens is 1. The fourth-order valence-corrected chi connectivity index (χ4v) is 4.75. The Labute approximate surface area is 165 Å². The van der Waals surface area contributed by atoms with Gasteiger partial charge >= 0.3 is 5.97 Å². The summed E-state index contributed by atoms with van der Waals surface area (Å²) in [7, 11) is -0.844. The summed E-state index contributed by atoms with van der Waals surface area (Å²) in [6.07, 6.45) is 7.70. The second-order valence-corrected chi connectivity index (χ2v) is 8.82. The van der Waals surface area contributed by atoms with Gasteiger partial charge in [0.1, 0.15) is 16.3 Å². The third-order valence-corrected chi connectivity index (χ3v) is 6.58. The predicted molar refractivity (Wildman–Crippen MR) is 103 cm³/mol. The van der Waals surface area contributed by atoms with E-state index in [0.717, 1.165) is 18.6 Å². The van der Waals surface area contributed by atoms with E-state index >= 15 is 0 Å². The lowest BCUT2D eigenvalue weighted by Gasteiger charge is -2.28. The van der Waals surface area contributed by atoms with Gasteiger partial charge in [0.25, 0.3) is 0 Å². The first kappa shape index (κ1) is 20.6. The fourth-order valence-electron chi connectivity index (χ4n) is 3.66. The summed E-state index contributed by atoms with van der Waals surface area (Å²) >= 11 is 0. The quantitative estimate of drug-likeness (QED) is 0.638. The zero-order chi connectivity index (χ0) is 20.1. The van der Waals surface area contributed by atoms with E-state index in [2.05, 4.69) is 14.4 Å². The zero-order valence-electron chi connectivity index (χ0n) is 16.3. The number of carbonyl (C=O) groups excluding carboxylic acids is 1. The van der Waals surface area contributed by atoms with E-state index in [1.54, 1.807) is 13.3 Å². The molecule has 0 atom stereocenters. The van der Waals surface area contributed by atoms with Gasteiger partial charge in [0, 0.05) is 32.4 Å². The molecule has 1 N–H and O–H groups in total. The molecule has 1 saturated carbocycles. The first-order chi connectivity index (χ1) is 13.4. The third-order valence-electron chi connectivity index (χ3n) is 5.16. The van der Waals surface area contributed by atoms with Crippen LogP contribution in [0.25, 0.3) is 0 Å². The highest BCUT2D eigenvalue weighted by atomic mass is 32.2. The molecule has 28 heavy (non-hydrogen) atoms. The van der Waals surface area contributed by atoms with Crippen molar-refractivity contribution in [2.24, 2.45) is 7.05 Å². The van der Waals surface area contributed by atoms with E-state index in [4.69, 9.17) is 4.42 Å². The molecule has 1 aliphatic carbocycles. The van der Waals surface area contributed by atoms with Gasteiger partial charge < -0.3 is 13.7 Å². The number of rotatable bonds is 9. The molecule has 2 aromatic heterocycles. The SMILES string of the molecule is COC(=O)c1cc(S(=O)(=O)NCCN(Cc2ccco2)C2CCCC2)cn1C. The number of carbonyl (C=O) groups is 1. The number of furan rings is 1. The first-order valence-corrected chi connectivity index (χ1v) is 10.9. The average Bonchev–Trinajstić information content (AvgIpc) is 3.42. The maximum Gasteiger partial charge on any atom is 0.354 e. The molecule has 0 bridgehead atoms. The maximum absolute atomic E-state index is 12.6. The number of methoxy groups -OCH3 is 1. The Morgan fingerprint density at radius 1 is 1.39 bits per heavy atom. The van der Waals surface area contributed by atoms with Gasteiger partial charge in [0.2, 0.25) is 10.0 Å². The smallest absolute Gasteiger partial charge is 0.354 e. The van der Waals surface area contributed by atoms with Gasteiger partial charge in [-0.3, -0.25) is 4.90 Å². The summed E-state index contributed by atoms with van der Waals surface area (Å²) in [5.41, 5.74) is 0.188. The first-order valence-electron chi connectivity index (χ1n) is 9.41. The molecule has 2 aromatic rings. The Morgan fingerprint density at radius 3 is 2.79 bits per heavy atom. The van der Waals surface area contributed by atoms with E-state index in [1.165, 1.54) is 36.8 Å². The van der Waals surface area contributed by atoms with Gasteiger partial charge in [-0.05, 0) is 31.0 Å². The van der Waals surface area contributed by atoms with Crippen LogP contribution in [0, 0.1) is 0 Å². The van der Waals surface area contributed by atoms with Crippen LogP contribution in [0.3, 0.4) is 0 Å². The second kappa shape index (κ2) is 8.93. The van der Waals surface area contributed by atoms with Crippen LogP contribution in [-0.4, -0.2) is 50.1 Å². The summed E-state index contributed by atoms with van der Waals surface area (Å²) < 4.78 is 39.5. The topological polar surface area (TPSA) is 93.8 Å². The summed E-state index contributed by atoms with van der Waals surface area (Å²) in [4.78, 5) is 14.0. The summed E-state index contributed by atoms with van der Waals surface area (Å²) in [6, 6.07) is 5.56. The molecule has 3 rings (SSSR count). The largest absolute Gasteiger partial charge is 0.468 e. The number of hydrogen-bond acceptors (Lipinski definition) is 6. The molecule has 1 fully saturated rings. The predicted octanol–water partition coefficient (Wildman–Crippen LogP) is 2.13. The molecule has 1 aliphatic rings. The number of esters is 1. The van der Waals surface area contributed by atoms with Crippen LogP contribution in [-0.2, 0) is 28.4 Å². The lowest BCUT2D eigenvalue weighted by molar-refractivity contribution is 0.0590. The number of hydrogen-bond donors (Lipinski definition) is 1. The highest BCUT2D eigenvalue weighted by molar-refractivity contribution is 7.89. The number of nitrogens with one attached hydrogen (secondary N) is 1. The fraction of sp³-hybridized carbons (Fsp3) is 0.526. The molecular formula is C19H27N3O5S. The number of nitrogens with zero attached hydrogens (tertiary/aromatic N) is 2. The van der Waals surface area contributed by atoms with Crippen molar-refractivity contribution >= 4 is 16.0 Å². The van der Waals surface area contributed by atoms with Gasteiger partial charge in [-0.15, -0.1) is 0 Å². The van der Waals surface area contributed by atoms with Crippen LogP contribution < -0.4 is 4.72 Å². The summed E-state index contributed by atoms with van der Waals surface area (Å²) in [6.45, 7) is 1.53. The third kappa shape index (κ3) is 4.84. The Hall–Kier alpha value is -2.10. The molecule has 0 aliphatic heterocycles. The minimum Gasteiger partial charge on any atom is -0.468 e. The lowest BCUT2D eigenvalue weighted by atomic mass is 10.2. The second-order valence-electron chi connectivity index (χ2n) is 7.05. The van der Waals surface area contributed by atoms with Crippen molar-refractivity contribution < 1.29 is 22.4 Å². The number of ether oxygens (including phenoxy) is 1. The van der Waals surface area contributed by atoms with Crippen LogP contribution in [0.1, 0.15) is 41.9 Å². The van der Waals surface area contributed by atoms with E-state index in [9.17, 15) is 13.2 Å². The molecule has 0 radical (unpaired) electrons. The van der Waals surface area contributed by atoms with Gasteiger partial charge in [-0.1, -0.05) is 12.8 Å². The molecule has 2 heterocycles. The van der Waals surface area contributed by atoms with Crippen molar-refractivity contribution in [3.05, 3.63) is 42.1 Å². The average molecular weight is 410 g/mol. The number of sulfonamides is 1. The molecule has 9 heteroatoms. The van der Waals surface area contributed by atoms with E-state index in [1.807, 2.05) is 12.1 Å². The molecule has 0 saturated heterocycles. The Morgan fingerprint density at radius 2 is 2.14 bits per heavy atom. The van der Waals surface area contributed by atoms with Crippen molar-refractivity contribution in [2.45, 2.75) is 43.2 Å². The van der Waals surface area contributed by atoms with Crippen molar-refractivity contribution in [3.8, 4) is 0 Å². The monoisotopic (exact) mass is 409 g/mol. The number of aryl methyl sites for hydroxylation is 1. The van der Waals surface area contributed by atoms with Gasteiger partial charge in [-0.2, -0.15) is 0 Å². The molecule has 0 spiro atoms. The maximum atomic E-state index is 12.6. The standard InChI is InChI=1S/C19H27N3O5S/c1-21-14-17(12-18(21)19(23)26-2)28(24,25)20-9-10-22(15-6-3-4-7-15)13-16-8-5-11-27-16/h5,8,11-12,14-15,20H,3-4,6-7,9-10,13H2,1-2H3. The van der Waals surface area contributed by atoms with Crippen LogP contribution >= 0.6 is 0 Å². The minimum absolute atomic E-state index is 0.0499. The van der Waals surface area contributed by atoms with E-state index in [0.29, 0.717) is 19.1 Å². The summed E-state index contributed by atoms with van der Waals surface area (Å²) in [5, 5.41) is 0. The Kier molecular flexibility index (Phi) is 6.58. The normalized spacial score (nSPS) is 15.4. The van der Waals surface area contributed by atoms with Crippen molar-refractivity contribution in [1.29, 1.82) is 0 Å². The molecule has 0 aromatic carbocycles. The lowest BCUT2D eigenvalue weighted by Crippen LogP contribution is -2.39. The Bertz CT molecular complexity index is 883. The van der Waals surface area contributed by atoms with Gasteiger partial charge in [0.05, 0.1) is 19.9 Å². The van der Waals surface area contributed by atoms with E-state index < -0.39 is 16.0 Å². The van der Waals surface area contributed by atoms with Crippen molar-refractivity contribution in [2.75, 3.05) is 20.2 Å². The van der Waals surface area contributed by atoms with Gasteiger partial charge in [0.15, 0.2) is 0 Å². The Balaban J connectivity index is 1.63. The van der Waals surface area contributed by atoms with Crippen molar-refractivity contribution in [3.63, 3.8) is 0 Å². The van der Waals surface area contributed by atoms with Gasteiger partial charge in [-0.25, -0.2) is 17.9 Å². The minimum atomic E-state index is -3.71. The van der Waals surface area contributed by atoms with Crippen LogP contribution in [0.4, 0.5) is 0 Å². The molecule has 154 valence electrons. The highest BCUT2D eigenvalue weighted by Crippen LogP contribution is 2.25. The molecule has 8 nitrogen and oxygen atoms in total. The van der Waals surface area contributed by atoms with Crippen molar-refractivity contribution in [1.82, 2.24) is 14.2 Å². The highest BCUT2D eigenvalue weighted by Gasteiger charge is 2.25. The van der Waals surface area contributed by atoms with Crippen LogP contribution in [0.2, 0.25) is 0 Å². The zero-order valence-corrected chi connectivity index (χ0v) is 17.1. The van der Waals surface area contributed by atoms with E-state index in [-0.39, 0.29) is 17.1 Å².